The van der Waals surface area contributed by atoms with Gasteiger partial charge in [0.1, 0.15) is 18.2 Å². The van der Waals surface area contributed by atoms with E-state index in [4.69, 9.17) is 4.74 Å². The molecule has 0 aliphatic carbocycles. The van der Waals surface area contributed by atoms with Crippen LogP contribution in [-0.4, -0.2) is 75.9 Å². The molecule has 0 unspecified atom stereocenters. The predicted octanol–water partition coefficient (Wildman–Crippen LogP) is 2.73. The van der Waals surface area contributed by atoms with Crippen LogP contribution >= 0.6 is 0 Å². The van der Waals surface area contributed by atoms with Gasteiger partial charge in [0.15, 0.2) is 0 Å². The van der Waals surface area contributed by atoms with E-state index in [1.165, 1.54) is 0 Å². The van der Waals surface area contributed by atoms with E-state index in [2.05, 4.69) is 32.3 Å². The lowest BCUT2D eigenvalue weighted by Crippen LogP contribution is -2.47. The van der Waals surface area contributed by atoms with Gasteiger partial charge in [0.05, 0.1) is 11.2 Å². The van der Waals surface area contributed by atoms with Gasteiger partial charge in [0.2, 0.25) is 0 Å². The summed E-state index contributed by atoms with van der Waals surface area (Å²) in [7, 11) is 0. The first-order valence-electron chi connectivity index (χ1n) is 10.4. The predicted molar refractivity (Wildman–Crippen MR) is 113 cm³/mol. The molecule has 1 aromatic heterocycles. The molecule has 28 heavy (non-hydrogen) atoms. The lowest BCUT2D eigenvalue weighted by atomic mass is 10.1. The number of hydrogen-bond donors (Lipinski definition) is 1. The molecule has 1 aliphatic heterocycles. The Hall–Kier alpha value is -1.89. The Balaban J connectivity index is 1.60. The number of para-hydroxylation sites is 1. The first kappa shape index (κ1) is 20.8. The molecule has 1 saturated heterocycles. The van der Waals surface area contributed by atoms with Crippen LogP contribution in [0, 0.1) is 0 Å². The second-order valence-corrected chi connectivity index (χ2v) is 8.13. The number of piperazine rings is 1. The third kappa shape index (κ3) is 5.80. The monoisotopic (exact) mass is 386 g/mol. The molecule has 0 amide bonds. The van der Waals surface area contributed by atoms with Crippen molar-refractivity contribution < 1.29 is 9.84 Å². The molecule has 0 spiro atoms. The number of ether oxygens (including phenoxy) is 1. The van der Waals surface area contributed by atoms with Gasteiger partial charge in [-0.3, -0.25) is 4.90 Å². The van der Waals surface area contributed by atoms with E-state index in [1.807, 2.05) is 44.4 Å². The SMILES string of the molecule is CCN1CCN(CCOc2ccccc2-c2nccn2CCC(C)(C)O)CC1. The second-order valence-electron chi connectivity index (χ2n) is 8.13. The Labute approximate surface area is 168 Å². The van der Waals surface area contributed by atoms with Gasteiger partial charge in [-0.05, 0) is 38.9 Å². The van der Waals surface area contributed by atoms with Gasteiger partial charge in [-0.25, -0.2) is 4.98 Å². The summed E-state index contributed by atoms with van der Waals surface area (Å²) in [5.74, 6) is 1.75. The van der Waals surface area contributed by atoms with E-state index in [-0.39, 0.29) is 0 Å². The number of aryl methyl sites for hydroxylation is 1. The van der Waals surface area contributed by atoms with Gasteiger partial charge in [0, 0.05) is 51.7 Å². The molecule has 0 radical (unpaired) electrons. The molecular weight excluding hydrogens is 352 g/mol. The number of nitrogens with zero attached hydrogens (tertiary/aromatic N) is 4. The Morgan fingerprint density at radius 2 is 1.79 bits per heavy atom. The molecule has 0 atom stereocenters. The summed E-state index contributed by atoms with van der Waals surface area (Å²) in [6.45, 7) is 13.9. The van der Waals surface area contributed by atoms with Crippen LogP contribution in [0.3, 0.4) is 0 Å². The van der Waals surface area contributed by atoms with Gasteiger partial charge < -0.3 is 19.3 Å². The molecule has 2 heterocycles. The average molecular weight is 387 g/mol. The maximum absolute atomic E-state index is 10.0. The molecule has 6 nitrogen and oxygen atoms in total. The second kappa shape index (κ2) is 9.54. The van der Waals surface area contributed by atoms with Crippen molar-refractivity contribution in [3.05, 3.63) is 36.7 Å². The van der Waals surface area contributed by atoms with E-state index in [0.29, 0.717) is 13.0 Å². The molecule has 6 heteroatoms. The van der Waals surface area contributed by atoms with Crippen molar-refractivity contribution in [1.29, 1.82) is 0 Å². The molecule has 3 rings (SSSR count). The summed E-state index contributed by atoms with van der Waals surface area (Å²) in [5, 5.41) is 10.0. The quantitative estimate of drug-likeness (QED) is 0.718. The highest BCUT2D eigenvalue weighted by Crippen LogP contribution is 2.29. The van der Waals surface area contributed by atoms with Crippen molar-refractivity contribution in [1.82, 2.24) is 19.4 Å². The lowest BCUT2D eigenvalue weighted by Gasteiger charge is -2.33. The van der Waals surface area contributed by atoms with E-state index in [9.17, 15) is 5.11 Å². The summed E-state index contributed by atoms with van der Waals surface area (Å²) >= 11 is 0. The molecule has 154 valence electrons. The first-order valence-corrected chi connectivity index (χ1v) is 10.4. The highest BCUT2D eigenvalue weighted by atomic mass is 16.5. The van der Waals surface area contributed by atoms with Crippen molar-refractivity contribution in [2.75, 3.05) is 45.9 Å². The zero-order valence-corrected chi connectivity index (χ0v) is 17.5. The number of imidazole rings is 1. The zero-order chi connectivity index (χ0) is 20.0. The van der Waals surface area contributed by atoms with E-state index in [1.54, 1.807) is 0 Å². The summed E-state index contributed by atoms with van der Waals surface area (Å²) in [4.78, 5) is 9.51. The van der Waals surface area contributed by atoms with Gasteiger partial charge in [-0.1, -0.05) is 19.1 Å². The van der Waals surface area contributed by atoms with Crippen molar-refractivity contribution in [2.45, 2.75) is 39.3 Å². The average Bonchev–Trinajstić information content (AvgIpc) is 3.15. The maximum atomic E-state index is 10.0. The minimum absolute atomic E-state index is 0.670. The minimum atomic E-state index is -0.695. The minimum Gasteiger partial charge on any atom is -0.491 e. The van der Waals surface area contributed by atoms with Gasteiger partial charge in [0.25, 0.3) is 0 Å². The molecule has 1 aliphatic rings. The van der Waals surface area contributed by atoms with Crippen LogP contribution in [0.4, 0.5) is 0 Å². The molecular formula is C22H34N4O2. The Morgan fingerprint density at radius 3 is 2.50 bits per heavy atom. The number of likely N-dealkylation sites (N-methyl/N-ethyl adjacent to an activating group) is 1. The highest BCUT2D eigenvalue weighted by Gasteiger charge is 2.17. The van der Waals surface area contributed by atoms with Crippen molar-refractivity contribution in [3.63, 3.8) is 0 Å². The normalized spacial score (nSPS) is 16.4. The molecule has 0 saturated carbocycles. The highest BCUT2D eigenvalue weighted by molar-refractivity contribution is 5.64. The fourth-order valence-corrected chi connectivity index (χ4v) is 3.52. The smallest absolute Gasteiger partial charge is 0.143 e. The largest absolute Gasteiger partial charge is 0.491 e. The van der Waals surface area contributed by atoms with Crippen LogP contribution in [0.1, 0.15) is 27.2 Å². The van der Waals surface area contributed by atoms with Gasteiger partial charge in [-0.15, -0.1) is 0 Å². The van der Waals surface area contributed by atoms with Crippen LogP contribution in [-0.2, 0) is 6.54 Å². The summed E-state index contributed by atoms with van der Waals surface area (Å²) in [6, 6.07) is 8.09. The van der Waals surface area contributed by atoms with E-state index >= 15 is 0 Å². The fourth-order valence-electron chi connectivity index (χ4n) is 3.52. The van der Waals surface area contributed by atoms with E-state index < -0.39 is 5.60 Å². The molecule has 1 fully saturated rings. The first-order chi connectivity index (χ1) is 13.5. The van der Waals surface area contributed by atoms with Crippen molar-refractivity contribution >= 4 is 0 Å². The maximum Gasteiger partial charge on any atom is 0.143 e. The van der Waals surface area contributed by atoms with Crippen LogP contribution in [0.5, 0.6) is 5.75 Å². The molecule has 1 N–H and O–H groups in total. The lowest BCUT2D eigenvalue weighted by molar-refractivity contribution is 0.0663. The van der Waals surface area contributed by atoms with E-state index in [0.717, 1.165) is 63.0 Å². The third-order valence-electron chi connectivity index (χ3n) is 5.39. The molecule has 0 bridgehead atoms. The Kier molecular flexibility index (Phi) is 7.10. The third-order valence-corrected chi connectivity index (χ3v) is 5.39. The number of aromatic nitrogens is 2. The van der Waals surface area contributed by atoms with Gasteiger partial charge in [-0.2, -0.15) is 0 Å². The molecule has 2 aromatic rings. The summed E-state index contributed by atoms with van der Waals surface area (Å²) < 4.78 is 8.25. The fraction of sp³-hybridized carbons (Fsp3) is 0.591. The van der Waals surface area contributed by atoms with Crippen molar-refractivity contribution in [2.24, 2.45) is 0 Å². The zero-order valence-electron chi connectivity index (χ0n) is 17.5. The number of hydrogen-bond acceptors (Lipinski definition) is 5. The van der Waals surface area contributed by atoms with Crippen LogP contribution in [0.15, 0.2) is 36.7 Å². The van der Waals surface area contributed by atoms with Crippen molar-refractivity contribution in [3.8, 4) is 17.1 Å². The Morgan fingerprint density at radius 1 is 1.07 bits per heavy atom. The number of rotatable bonds is 9. The standard InChI is InChI=1S/C22H34N4O2/c1-4-24-13-15-25(16-14-24)17-18-28-20-8-6-5-7-19(20)21-23-10-12-26(21)11-9-22(2,3)27/h5-8,10,12,27H,4,9,11,13-18H2,1-3H3. The Bertz CT molecular complexity index is 730. The van der Waals surface area contributed by atoms with Crippen LogP contribution < -0.4 is 4.74 Å². The van der Waals surface area contributed by atoms with Crippen LogP contribution in [0.2, 0.25) is 0 Å². The summed E-state index contributed by atoms with van der Waals surface area (Å²) in [6.07, 6.45) is 4.44. The topological polar surface area (TPSA) is 53.8 Å². The number of benzene rings is 1. The van der Waals surface area contributed by atoms with Gasteiger partial charge >= 0.3 is 0 Å². The van der Waals surface area contributed by atoms with Crippen LogP contribution in [0.25, 0.3) is 11.4 Å². The molecule has 1 aromatic carbocycles. The number of aliphatic hydroxyl groups is 1. The summed E-state index contributed by atoms with van der Waals surface area (Å²) in [5.41, 5.74) is 0.304.